The van der Waals surface area contributed by atoms with Crippen molar-refractivity contribution in [2.45, 2.75) is 44.8 Å². The first kappa shape index (κ1) is 35.1. The molecular formula is C39H41B2NO8Si. The number of benzene rings is 4. The number of phenolic OH excluding ortho intramolecular Hbond substituents is 1. The number of aromatic hydroxyl groups is 1. The largest absolute Gasteiger partial charge is 0.508 e. The first-order chi connectivity index (χ1) is 24.4. The van der Waals surface area contributed by atoms with Crippen molar-refractivity contribution < 1.29 is 38.8 Å². The first-order valence-corrected chi connectivity index (χ1v) is 19.2. The van der Waals surface area contributed by atoms with Gasteiger partial charge in [-0.3, -0.25) is 14.5 Å². The van der Waals surface area contributed by atoms with Gasteiger partial charge in [0.05, 0.1) is 30.2 Å². The summed E-state index contributed by atoms with van der Waals surface area (Å²) in [6.07, 6.45) is -0.166. The second kappa shape index (κ2) is 13.7. The maximum absolute atomic E-state index is 14.4. The van der Waals surface area contributed by atoms with Crippen LogP contribution in [-0.4, -0.2) is 61.2 Å². The van der Waals surface area contributed by atoms with Gasteiger partial charge in [0.15, 0.2) is 0 Å². The Bertz CT molecular complexity index is 1930. The fraction of sp³-hybridized carbons (Fsp3) is 0.282. The molecule has 9 nitrogen and oxygen atoms in total. The first-order valence-electron chi connectivity index (χ1n) is 17.3. The van der Waals surface area contributed by atoms with Crippen LogP contribution in [0.3, 0.4) is 0 Å². The van der Waals surface area contributed by atoms with Crippen LogP contribution in [0, 0.1) is 17.8 Å². The smallest absolute Gasteiger partial charge is 0.488 e. The van der Waals surface area contributed by atoms with Crippen LogP contribution >= 0.6 is 0 Å². The Morgan fingerprint density at radius 3 is 2.12 bits per heavy atom. The minimum absolute atomic E-state index is 0.0529. The Balaban J connectivity index is 1.32. The van der Waals surface area contributed by atoms with Gasteiger partial charge < -0.3 is 29.3 Å². The van der Waals surface area contributed by atoms with Crippen molar-refractivity contribution in [3.63, 3.8) is 0 Å². The summed E-state index contributed by atoms with van der Waals surface area (Å²) in [5.41, 5.74) is 2.37. The van der Waals surface area contributed by atoms with E-state index in [4.69, 9.17) is 9.08 Å². The van der Waals surface area contributed by atoms with Crippen molar-refractivity contribution in [3.05, 3.63) is 126 Å². The quantitative estimate of drug-likeness (QED) is 0.163. The second-order valence-electron chi connectivity index (χ2n) is 14.7. The third-order valence-corrected chi connectivity index (χ3v) is 15.7. The third kappa shape index (κ3) is 6.20. The van der Waals surface area contributed by atoms with Crippen LogP contribution in [0.25, 0.3) is 0 Å². The van der Waals surface area contributed by atoms with Crippen LogP contribution in [0.15, 0.2) is 120 Å². The number of rotatable bonds is 8. The van der Waals surface area contributed by atoms with E-state index < -0.39 is 52.3 Å². The molecule has 51 heavy (non-hydrogen) atoms. The van der Waals surface area contributed by atoms with Crippen LogP contribution in [0.2, 0.25) is 5.04 Å². The second-order valence-corrected chi connectivity index (χ2v) is 19.0. The van der Waals surface area contributed by atoms with Crippen LogP contribution in [-0.2, 0) is 18.7 Å². The highest BCUT2D eigenvalue weighted by Crippen LogP contribution is 2.52. The van der Waals surface area contributed by atoms with Gasteiger partial charge in [-0.25, -0.2) is 0 Å². The lowest BCUT2D eigenvalue weighted by Gasteiger charge is -2.45. The van der Waals surface area contributed by atoms with Gasteiger partial charge in [0.25, 0.3) is 8.32 Å². The number of hydrogen-bond acceptors (Lipinski definition) is 8. The summed E-state index contributed by atoms with van der Waals surface area (Å²) in [6, 6.07) is 33.2. The minimum atomic E-state index is -3.03. The van der Waals surface area contributed by atoms with Crippen molar-refractivity contribution in [3.8, 4) is 5.75 Å². The van der Waals surface area contributed by atoms with E-state index in [1.807, 2.05) is 36.4 Å². The van der Waals surface area contributed by atoms with Gasteiger partial charge in [-0.05, 0) is 80.5 Å². The summed E-state index contributed by atoms with van der Waals surface area (Å²) >= 11 is 0. The molecule has 2 fully saturated rings. The lowest BCUT2D eigenvalue weighted by atomic mass is 9.55. The van der Waals surface area contributed by atoms with Gasteiger partial charge in [0.2, 0.25) is 11.8 Å². The average Bonchev–Trinajstić information content (AvgIpc) is 3.37. The van der Waals surface area contributed by atoms with Gasteiger partial charge >= 0.3 is 14.2 Å². The van der Waals surface area contributed by atoms with Gasteiger partial charge in [-0.1, -0.05) is 106 Å². The molecule has 0 radical (unpaired) electrons. The standard InChI is InChI=1S/C39H41B2NO8Si/c1-39(2,3)51(30-16-6-4-7-17-30,31-18-8-5-9-19-31)49-24-26-21-33-35(38(45)42(37(33)44)28-14-11-13-27(22-28)40(46)47)32-23-34(50-41(48)36(26)32)25-12-10-15-29(43)20-25/h4-20,22,32-35,43,46-48H,21,23-24H2,1-3H3/t32-,33-,34-,35+/m0/s1. The van der Waals surface area contributed by atoms with Gasteiger partial charge in [-0.15, -0.1) is 0 Å². The minimum Gasteiger partial charge on any atom is -0.508 e. The Morgan fingerprint density at radius 2 is 1.51 bits per heavy atom. The summed E-state index contributed by atoms with van der Waals surface area (Å²) in [5, 5.41) is 43.6. The fourth-order valence-corrected chi connectivity index (χ4v) is 13.1. The zero-order chi connectivity index (χ0) is 36.1. The van der Waals surface area contributed by atoms with E-state index in [2.05, 4.69) is 45.0 Å². The number of hydrogen-bond donors (Lipinski definition) is 4. The molecule has 4 aromatic carbocycles. The topological polar surface area (TPSA) is 137 Å². The van der Waals surface area contributed by atoms with Crippen molar-refractivity contribution in [2.24, 2.45) is 17.8 Å². The number of fused-ring (bicyclic) bond motifs is 3. The molecule has 4 atom stereocenters. The molecular weight excluding hydrogens is 660 g/mol. The van der Waals surface area contributed by atoms with Gasteiger partial charge in [-0.2, -0.15) is 0 Å². The number of nitrogens with zero attached hydrogens (tertiary/aromatic N) is 1. The molecule has 0 aromatic heterocycles. The number of carbonyl (C=O) groups excluding carboxylic acids is 2. The molecule has 2 saturated heterocycles. The van der Waals surface area contributed by atoms with Crippen LogP contribution in [0.1, 0.15) is 45.3 Å². The maximum Gasteiger partial charge on any atom is 0.488 e. The molecule has 2 aliphatic heterocycles. The van der Waals surface area contributed by atoms with Crippen molar-refractivity contribution in [1.29, 1.82) is 0 Å². The molecule has 1 aliphatic carbocycles. The van der Waals surface area contributed by atoms with E-state index in [1.54, 1.807) is 36.4 Å². The van der Waals surface area contributed by atoms with Gasteiger partial charge in [0, 0.05) is 0 Å². The molecule has 4 N–H and O–H groups in total. The molecule has 0 unspecified atom stereocenters. The summed E-state index contributed by atoms with van der Waals surface area (Å²) in [7, 11) is -6.17. The van der Waals surface area contributed by atoms with E-state index >= 15 is 0 Å². The normalized spacial score (nSPS) is 22.2. The zero-order valence-corrected chi connectivity index (χ0v) is 29.8. The molecule has 2 amide bonds. The molecule has 7 rings (SSSR count). The molecule has 0 bridgehead atoms. The van der Waals surface area contributed by atoms with E-state index in [1.165, 1.54) is 12.1 Å². The molecule has 12 heteroatoms. The Kier molecular flexibility index (Phi) is 9.42. The van der Waals surface area contributed by atoms with Crippen molar-refractivity contribution in [1.82, 2.24) is 0 Å². The number of phenols is 1. The van der Waals surface area contributed by atoms with Crippen molar-refractivity contribution in [2.75, 3.05) is 11.5 Å². The summed E-state index contributed by atoms with van der Waals surface area (Å²) in [6.45, 7) is 6.67. The third-order valence-electron chi connectivity index (χ3n) is 10.8. The number of allylic oxidation sites excluding steroid dienone is 1. The van der Waals surface area contributed by atoms with E-state index in [-0.39, 0.29) is 40.9 Å². The van der Waals surface area contributed by atoms with E-state index in [0.717, 1.165) is 20.8 Å². The van der Waals surface area contributed by atoms with E-state index in [9.17, 15) is 29.8 Å². The number of anilines is 1. The number of carbonyl (C=O) groups is 2. The number of amides is 2. The summed E-state index contributed by atoms with van der Waals surface area (Å²) in [4.78, 5) is 29.9. The highest BCUT2D eigenvalue weighted by Gasteiger charge is 2.59. The molecule has 4 aromatic rings. The van der Waals surface area contributed by atoms with E-state index in [0.29, 0.717) is 17.5 Å². The highest BCUT2D eigenvalue weighted by atomic mass is 28.4. The van der Waals surface area contributed by atoms with Crippen molar-refractivity contribution >= 4 is 55.9 Å². The molecule has 0 spiro atoms. The maximum atomic E-state index is 14.4. The SMILES string of the molecule is CC(C)(C)[Si](OCC1=C2B(O)O[C@H](c3cccc(O)c3)C[C@H]2[C@H]2C(=O)N(c3cccc(B(O)O)c3)C(=O)[C@H]2C1)(c1ccccc1)c1ccccc1. The number of imide groups is 1. The molecule has 3 aliphatic rings. The predicted molar refractivity (Wildman–Crippen MR) is 199 cm³/mol. The molecule has 0 saturated carbocycles. The van der Waals surface area contributed by atoms with Crippen LogP contribution in [0.4, 0.5) is 5.69 Å². The average molecular weight is 701 g/mol. The van der Waals surface area contributed by atoms with Crippen LogP contribution < -0.4 is 20.7 Å². The molecule has 260 valence electrons. The lowest BCUT2D eigenvalue weighted by molar-refractivity contribution is -0.123. The Morgan fingerprint density at radius 1 is 0.863 bits per heavy atom. The predicted octanol–water partition coefficient (Wildman–Crippen LogP) is 3.25. The highest BCUT2D eigenvalue weighted by molar-refractivity contribution is 6.99. The molecule has 2 heterocycles. The fourth-order valence-electron chi connectivity index (χ4n) is 8.52. The monoisotopic (exact) mass is 701 g/mol. The lowest BCUT2D eigenvalue weighted by Crippen LogP contribution is -2.66. The zero-order valence-electron chi connectivity index (χ0n) is 28.8. The summed E-state index contributed by atoms with van der Waals surface area (Å²) < 4.78 is 13.5. The van der Waals surface area contributed by atoms with Gasteiger partial charge in [0.1, 0.15) is 5.75 Å². The summed E-state index contributed by atoms with van der Waals surface area (Å²) in [5.74, 6) is -2.82. The Hall–Kier alpha value is -4.29. The Labute approximate surface area is 299 Å². The van der Waals surface area contributed by atoms with Crippen LogP contribution in [0.5, 0.6) is 5.75 Å².